The number of ether oxygens (including phenoxy) is 2. The molecule has 118 valence electrons. The van der Waals surface area contributed by atoms with Crippen LogP contribution in [0, 0.1) is 0 Å². The zero-order valence-corrected chi connectivity index (χ0v) is 13.9. The van der Waals surface area contributed by atoms with Gasteiger partial charge in [0.2, 0.25) is 0 Å². The number of nitrogens with one attached hydrogen (secondary N) is 2. The molecule has 5 nitrogen and oxygen atoms in total. The van der Waals surface area contributed by atoms with Gasteiger partial charge in [-0.1, -0.05) is 0 Å². The second kappa shape index (κ2) is 7.76. The maximum atomic E-state index is 5.39. The standard InChI is InChI=1S/C16H27N3O2/c1-7-17-15(19-16(2,3)4)18-11-12-8-9-13(20-5)10-14(12)21-6/h8-10H,7,11H2,1-6H3,(H2,17,18,19). The third kappa shape index (κ3) is 5.94. The average Bonchev–Trinajstić information content (AvgIpc) is 2.43. The van der Waals surface area contributed by atoms with Crippen molar-refractivity contribution in [2.75, 3.05) is 20.8 Å². The monoisotopic (exact) mass is 293 g/mol. The molecule has 2 N–H and O–H groups in total. The van der Waals surface area contributed by atoms with Gasteiger partial charge in [0.1, 0.15) is 11.5 Å². The number of methoxy groups -OCH3 is 2. The van der Waals surface area contributed by atoms with Crippen LogP contribution in [0.15, 0.2) is 23.2 Å². The molecule has 0 aliphatic heterocycles. The summed E-state index contributed by atoms with van der Waals surface area (Å²) in [6.45, 7) is 9.73. The molecule has 0 spiro atoms. The van der Waals surface area contributed by atoms with E-state index in [1.54, 1.807) is 14.2 Å². The Labute approximate surface area is 127 Å². The van der Waals surface area contributed by atoms with Gasteiger partial charge in [-0.15, -0.1) is 0 Å². The van der Waals surface area contributed by atoms with Gasteiger partial charge in [-0.25, -0.2) is 4.99 Å². The molecule has 0 heterocycles. The summed E-state index contributed by atoms with van der Waals surface area (Å²) >= 11 is 0. The molecule has 0 amide bonds. The maximum Gasteiger partial charge on any atom is 0.191 e. The van der Waals surface area contributed by atoms with Crippen LogP contribution in [0.25, 0.3) is 0 Å². The fourth-order valence-corrected chi connectivity index (χ4v) is 1.81. The van der Waals surface area contributed by atoms with Gasteiger partial charge in [-0.05, 0) is 39.8 Å². The summed E-state index contributed by atoms with van der Waals surface area (Å²) in [6, 6.07) is 5.76. The highest BCUT2D eigenvalue weighted by Gasteiger charge is 2.12. The Morgan fingerprint density at radius 3 is 2.43 bits per heavy atom. The van der Waals surface area contributed by atoms with Crippen molar-refractivity contribution in [1.29, 1.82) is 0 Å². The van der Waals surface area contributed by atoms with Crippen molar-refractivity contribution >= 4 is 5.96 Å². The number of hydrogen-bond acceptors (Lipinski definition) is 3. The molecule has 0 saturated carbocycles. The largest absolute Gasteiger partial charge is 0.497 e. The van der Waals surface area contributed by atoms with E-state index in [1.807, 2.05) is 25.1 Å². The van der Waals surface area contributed by atoms with Crippen molar-refractivity contribution in [1.82, 2.24) is 10.6 Å². The third-order valence-corrected chi connectivity index (χ3v) is 2.74. The van der Waals surface area contributed by atoms with E-state index in [0.29, 0.717) is 6.54 Å². The Hall–Kier alpha value is -1.91. The lowest BCUT2D eigenvalue weighted by Crippen LogP contribution is -2.47. The Bertz CT molecular complexity index is 479. The lowest BCUT2D eigenvalue weighted by Gasteiger charge is -2.23. The molecule has 0 saturated heterocycles. The molecule has 0 unspecified atom stereocenters. The van der Waals surface area contributed by atoms with E-state index in [4.69, 9.17) is 9.47 Å². The van der Waals surface area contributed by atoms with Crippen molar-refractivity contribution < 1.29 is 9.47 Å². The minimum atomic E-state index is -0.0367. The molecule has 0 bridgehead atoms. The normalized spacial score (nSPS) is 12.0. The molecule has 0 fully saturated rings. The van der Waals surface area contributed by atoms with Crippen LogP contribution in [0.3, 0.4) is 0 Å². The number of benzene rings is 1. The van der Waals surface area contributed by atoms with Gasteiger partial charge in [0.15, 0.2) is 5.96 Å². The fourth-order valence-electron chi connectivity index (χ4n) is 1.81. The Balaban J connectivity index is 2.89. The van der Waals surface area contributed by atoms with Gasteiger partial charge >= 0.3 is 0 Å². The van der Waals surface area contributed by atoms with E-state index in [2.05, 4.69) is 36.4 Å². The number of aliphatic imine (C=N–C) groups is 1. The molecule has 0 radical (unpaired) electrons. The molecule has 1 aromatic rings. The number of rotatable bonds is 5. The molecular weight excluding hydrogens is 266 g/mol. The summed E-state index contributed by atoms with van der Waals surface area (Å²) < 4.78 is 10.6. The number of nitrogens with zero attached hydrogens (tertiary/aromatic N) is 1. The Kier molecular flexibility index (Phi) is 6.34. The van der Waals surface area contributed by atoms with Gasteiger partial charge < -0.3 is 20.1 Å². The molecule has 0 atom stereocenters. The number of hydrogen-bond donors (Lipinski definition) is 2. The zero-order chi connectivity index (χ0) is 15.9. The van der Waals surface area contributed by atoms with Gasteiger partial charge in [0.25, 0.3) is 0 Å². The van der Waals surface area contributed by atoms with Gasteiger partial charge in [-0.2, -0.15) is 0 Å². The molecule has 5 heteroatoms. The highest BCUT2D eigenvalue weighted by Crippen LogP contribution is 2.25. The van der Waals surface area contributed by atoms with E-state index in [1.165, 1.54) is 0 Å². The Morgan fingerprint density at radius 2 is 1.90 bits per heavy atom. The van der Waals surface area contributed by atoms with E-state index in [-0.39, 0.29) is 5.54 Å². The topological polar surface area (TPSA) is 54.9 Å². The van der Waals surface area contributed by atoms with Crippen LogP contribution in [-0.4, -0.2) is 32.3 Å². The van der Waals surface area contributed by atoms with E-state index in [9.17, 15) is 0 Å². The van der Waals surface area contributed by atoms with Crippen LogP contribution < -0.4 is 20.1 Å². The van der Waals surface area contributed by atoms with Crippen LogP contribution >= 0.6 is 0 Å². The first-order valence-corrected chi connectivity index (χ1v) is 7.17. The SMILES string of the molecule is CCNC(=NCc1ccc(OC)cc1OC)NC(C)(C)C. The van der Waals surface area contributed by atoms with Crippen LogP contribution in [-0.2, 0) is 6.54 Å². The lowest BCUT2D eigenvalue weighted by molar-refractivity contribution is 0.391. The average molecular weight is 293 g/mol. The van der Waals surface area contributed by atoms with Crippen molar-refractivity contribution in [2.24, 2.45) is 4.99 Å². The maximum absolute atomic E-state index is 5.39. The molecule has 1 rings (SSSR count). The van der Waals surface area contributed by atoms with Crippen molar-refractivity contribution in [2.45, 2.75) is 39.8 Å². The molecule has 1 aromatic carbocycles. The van der Waals surface area contributed by atoms with Crippen molar-refractivity contribution in [3.63, 3.8) is 0 Å². The third-order valence-electron chi connectivity index (χ3n) is 2.74. The number of guanidine groups is 1. The van der Waals surface area contributed by atoms with E-state index < -0.39 is 0 Å². The Morgan fingerprint density at radius 1 is 1.19 bits per heavy atom. The molecule has 0 aliphatic carbocycles. The minimum absolute atomic E-state index is 0.0367. The van der Waals surface area contributed by atoms with Crippen molar-refractivity contribution in [3.8, 4) is 11.5 Å². The minimum Gasteiger partial charge on any atom is -0.497 e. The van der Waals surface area contributed by atoms with Crippen LogP contribution in [0.2, 0.25) is 0 Å². The summed E-state index contributed by atoms with van der Waals surface area (Å²) in [5.74, 6) is 2.35. The first-order chi connectivity index (χ1) is 9.89. The van der Waals surface area contributed by atoms with Crippen LogP contribution in [0.1, 0.15) is 33.3 Å². The summed E-state index contributed by atoms with van der Waals surface area (Å²) in [5.41, 5.74) is 0.981. The fraction of sp³-hybridized carbons (Fsp3) is 0.562. The zero-order valence-electron chi connectivity index (χ0n) is 13.9. The van der Waals surface area contributed by atoms with Gasteiger partial charge in [0, 0.05) is 23.7 Å². The molecule has 0 aliphatic rings. The smallest absolute Gasteiger partial charge is 0.191 e. The second-order valence-electron chi connectivity index (χ2n) is 5.75. The highest BCUT2D eigenvalue weighted by molar-refractivity contribution is 5.80. The molecular formula is C16H27N3O2. The summed E-state index contributed by atoms with van der Waals surface area (Å²) in [6.07, 6.45) is 0. The summed E-state index contributed by atoms with van der Waals surface area (Å²) in [5, 5.41) is 6.60. The summed E-state index contributed by atoms with van der Waals surface area (Å²) in [7, 11) is 3.30. The van der Waals surface area contributed by atoms with Gasteiger partial charge in [-0.3, -0.25) is 0 Å². The highest BCUT2D eigenvalue weighted by atomic mass is 16.5. The summed E-state index contributed by atoms with van der Waals surface area (Å²) in [4.78, 5) is 4.61. The molecule has 0 aromatic heterocycles. The van der Waals surface area contributed by atoms with E-state index in [0.717, 1.165) is 29.6 Å². The van der Waals surface area contributed by atoms with Crippen molar-refractivity contribution in [3.05, 3.63) is 23.8 Å². The van der Waals surface area contributed by atoms with Gasteiger partial charge in [0.05, 0.1) is 20.8 Å². The van der Waals surface area contributed by atoms with Crippen LogP contribution in [0.4, 0.5) is 0 Å². The molecule has 21 heavy (non-hydrogen) atoms. The lowest BCUT2D eigenvalue weighted by atomic mass is 10.1. The second-order valence-corrected chi connectivity index (χ2v) is 5.75. The first-order valence-electron chi connectivity index (χ1n) is 7.17. The van der Waals surface area contributed by atoms with Crippen LogP contribution in [0.5, 0.6) is 11.5 Å². The first kappa shape index (κ1) is 17.1. The predicted octanol–water partition coefficient (Wildman–Crippen LogP) is 2.56. The predicted molar refractivity (Wildman–Crippen MR) is 87.3 cm³/mol. The van der Waals surface area contributed by atoms with E-state index >= 15 is 0 Å². The quantitative estimate of drug-likeness (QED) is 0.647.